The lowest BCUT2D eigenvalue weighted by Crippen LogP contribution is -2.11. The van der Waals surface area contributed by atoms with E-state index in [1.54, 1.807) is 12.4 Å². The molecule has 0 atom stereocenters. The van der Waals surface area contributed by atoms with Gasteiger partial charge in [0.25, 0.3) is 0 Å². The highest BCUT2D eigenvalue weighted by Crippen LogP contribution is 2.27. The second kappa shape index (κ2) is 4.97. The third kappa shape index (κ3) is 2.35. The highest BCUT2D eigenvalue weighted by atomic mass is 15.3. The van der Waals surface area contributed by atoms with Crippen LogP contribution in [-0.2, 0) is 6.54 Å². The zero-order valence-electron chi connectivity index (χ0n) is 10.5. The summed E-state index contributed by atoms with van der Waals surface area (Å²) in [6.07, 6.45) is 7.29. The van der Waals surface area contributed by atoms with Gasteiger partial charge < -0.3 is 11.1 Å². The third-order valence-electron chi connectivity index (χ3n) is 3.08. The largest absolute Gasteiger partial charge is 0.397 e. The van der Waals surface area contributed by atoms with E-state index in [2.05, 4.69) is 15.4 Å². The predicted molar refractivity (Wildman–Crippen MR) is 76.9 cm³/mol. The van der Waals surface area contributed by atoms with Crippen molar-refractivity contribution in [2.75, 3.05) is 17.6 Å². The number of nitrogens with one attached hydrogen (secondary N) is 1. The quantitative estimate of drug-likeness (QED) is 0.699. The van der Waals surface area contributed by atoms with E-state index in [4.69, 9.17) is 5.73 Å². The van der Waals surface area contributed by atoms with Crippen molar-refractivity contribution in [2.24, 2.45) is 0 Å². The molecule has 0 amide bonds. The minimum absolute atomic E-state index is 0.764. The number of aromatic nitrogens is 3. The van der Waals surface area contributed by atoms with Crippen molar-refractivity contribution in [3.63, 3.8) is 0 Å². The van der Waals surface area contributed by atoms with Crippen LogP contribution >= 0.6 is 0 Å². The Balaban J connectivity index is 1.76. The SMILES string of the molecule is Nc1c(NCCn2cccn2)ccc2cnccc12. The van der Waals surface area contributed by atoms with Gasteiger partial charge in [0.2, 0.25) is 0 Å². The Bertz CT molecular complexity index is 675. The summed E-state index contributed by atoms with van der Waals surface area (Å²) in [5.74, 6) is 0. The Morgan fingerprint density at radius 2 is 2.16 bits per heavy atom. The molecule has 0 bridgehead atoms. The number of pyridine rings is 1. The summed E-state index contributed by atoms with van der Waals surface area (Å²) in [5, 5.41) is 9.57. The van der Waals surface area contributed by atoms with Crippen LogP contribution in [0.4, 0.5) is 11.4 Å². The fourth-order valence-corrected chi connectivity index (χ4v) is 2.08. The molecule has 1 aromatic carbocycles. The molecule has 2 heterocycles. The molecule has 5 nitrogen and oxygen atoms in total. The number of fused-ring (bicyclic) bond motifs is 1. The lowest BCUT2D eigenvalue weighted by atomic mass is 10.1. The molecule has 3 rings (SSSR count). The van der Waals surface area contributed by atoms with E-state index in [0.29, 0.717) is 0 Å². The van der Waals surface area contributed by atoms with Crippen LogP contribution in [0.5, 0.6) is 0 Å². The van der Waals surface area contributed by atoms with Gasteiger partial charge in [-0.2, -0.15) is 5.10 Å². The van der Waals surface area contributed by atoms with E-state index < -0.39 is 0 Å². The molecule has 0 radical (unpaired) electrons. The van der Waals surface area contributed by atoms with E-state index in [1.165, 1.54) is 0 Å². The van der Waals surface area contributed by atoms with Gasteiger partial charge in [0.15, 0.2) is 0 Å². The van der Waals surface area contributed by atoms with E-state index in [-0.39, 0.29) is 0 Å². The van der Waals surface area contributed by atoms with Gasteiger partial charge in [-0.3, -0.25) is 9.67 Å². The summed E-state index contributed by atoms with van der Waals surface area (Å²) >= 11 is 0. The minimum Gasteiger partial charge on any atom is -0.397 e. The molecule has 0 aliphatic carbocycles. The van der Waals surface area contributed by atoms with Crippen molar-refractivity contribution >= 4 is 22.1 Å². The Kier molecular flexibility index (Phi) is 3.02. The highest BCUT2D eigenvalue weighted by Gasteiger charge is 2.03. The van der Waals surface area contributed by atoms with Crippen LogP contribution in [0.25, 0.3) is 10.8 Å². The zero-order valence-corrected chi connectivity index (χ0v) is 10.5. The molecule has 3 aromatic rings. The van der Waals surface area contributed by atoms with Gasteiger partial charge in [-0.15, -0.1) is 0 Å². The lowest BCUT2D eigenvalue weighted by molar-refractivity contribution is 0.638. The summed E-state index contributed by atoms with van der Waals surface area (Å²) in [7, 11) is 0. The first-order valence-corrected chi connectivity index (χ1v) is 6.18. The van der Waals surface area contributed by atoms with Crippen LogP contribution in [0.1, 0.15) is 0 Å². The van der Waals surface area contributed by atoms with Crippen molar-refractivity contribution in [3.05, 3.63) is 49.1 Å². The maximum atomic E-state index is 6.17. The van der Waals surface area contributed by atoms with Crippen molar-refractivity contribution < 1.29 is 0 Å². The monoisotopic (exact) mass is 253 g/mol. The van der Waals surface area contributed by atoms with Crippen LogP contribution < -0.4 is 11.1 Å². The molecule has 0 saturated heterocycles. The second-order valence-corrected chi connectivity index (χ2v) is 4.32. The Hall–Kier alpha value is -2.56. The van der Waals surface area contributed by atoms with Crippen LogP contribution in [0.15, 0.2) is 49.1 Å². The van der Waals surface area contributed by atoms with Crippen molar-refractivity contribution in [1.82, 2.24) is 14.8 Å². The number of anilines is 2. The summed E-state index contributed by atoms with van der Waals surface area (Å²) in [5.41, 5.74) is 7.88. The molecule has 19 heavy (non-hydrogen) atoms. The molecule has 0 unspecified atom stereocenters. The van der Waals surface area contributed by atoms with Gasteiger partial charge in [0.1, 0.15) is 0 Å². The summed E-state index contributed by atoms with van der Waals surface area (Å²) < 4.78 is 1.88. The summed E-state index contributed by atoms with van der Waals surface area (Å²) in [6, 6.07) is 7.86. The minimum atomic E-state index is 0.764. The molecule has 0 saturated carbocycles. The molecule has 2 aromatic heterocycles. The zero-order chi connectivity index (χ0) is 13.1. The van der Waals surface area contributed by atoms with Crippen LogP contribution in [0, 0.1) is 0 Å². The molecule has 3 N–H and O–H groups in total. The average molecular weight is 253 g/mol. The van der Waals surface area contributed by atoms with Crippen LogP contribution in [0.2, 0.25) is 0 Å². The third-order valence-corrected chi connectivity index (χ3v) is 3.08. The predicted octanol–water partition coefficient (Wildman–Crippen LogP) is 2.13. The van der Waals surface area contributed by atoms with Gasteiger partial charge in [-0.05, 0) is 18.2 Å². The van der Waals surface area contributed by atoms with E-state index in [0.717, 1.165) is 35.2 Å². The molecule has 0 aliphatic heterocycles. The number of hydrogen-bond donors (Lipinski definition) is 2. The first-order valence-electron chi connectivity index (χ1n) is 6.18. The van der Waals surface area contributed by atoms with Gasteiger partial charge in [0.05, 0.1) is 17.9 Å². The number of rotatable bonds is 4. The normalized spacial score (nSPS) is 10.7. The second-order valence-electron chi connectivity index (χ2n) is 4.32. The molecule has 0 fully saturated rings. The molecular weight excluding hydrogens is 238 g/mol. The number of nitrogens with zero attached hydrogens (tertiary/aromatic N) is 3. The van der Waals surface area contributed by atoms with Crippen LogP contribution in [0.3, 0.4) is 0 Å². The van der Waals surface area contributed by atoms with Gasteiger partial charge in [0, 0.05) is 42.1 Å². The number of nitrogens with two attached hydrogens (primary N) is 1. The lowest BCUT2D eigenvalue weighted by Gasteiger charge is -2.11. The highest BCUT2D eigenvalue weighted by molar-refractivity contribution is 5.98. The first-order chi connectivity index (χ1) is 9.34. The van der Waals surface area contributed by atoms with E-state index in [9.17, 15) is 0 Å². The molecule has 96 valence electrons. The molecule has 0 aliphatic rings. The van der Waals surface area contributed by atoms with E-state index in [1.807, 2.05) is 41.3 Å². The number of hydrogen-bond acceptors (Lipinski definition) is 4. The molecule has 0 spiro atoms. The Morgan fingerprint density at radius 1 is 1.21 bits per heavy atom. The summed E-state index contributed by atoms with van der Waals surface area (Å²) in [6.45, 7) is 1.59. The Morgan fingerprint density at radius 3 is 3.00 bits per heavy atom. The smallest absolute Gasteiger partial charge is 0.0630 e. The Labute approximate surface area is 111 Å². The first kappa shape index (κ1) is 11.5. The average Bonchev–Trinajstić information content (AvgIpc) is 2.95. The molecular formula is C14H15N5. The van der Waals surface area contributed by atoms with Crippen LogP contribution in [-0.4, -0.2) is 21.3 Å². The molecule has 5 heteroatoms. The fraction of sp³-hybridized carbons (Fsp3) is 0.143. The fourth-order valence-electron chi connectivity index (χ4n) is 2.08. The number of nitrogen functional groups attached to an aromatic ring is 1. The maximum absolute atomic E-state index is 6.17. The maximum Gasteiger partial charge on any atom is 0.0630 e. The van der Waals surface area contributed by atoms with Crippen molar-refractivity contribution in [3.8, 4) is 0 Å². The van der Waals surface area contributed by atoms with Gasteiger partial charge in [-0.1, -0.05) is 6.07 Å². The standard InChI is InChI=1S/C14H15N5/c15-14-12-4-6-16-10-11(12)2-3-13(14)17-7-9-19-8-1-5-18-19/h1-6,8,10,17H,7,9,15H2. The van der Waals surface area contributed by atoms with Crippen molar-refractivity contribution in [2.45, 2.75) is 6.54 Å². The van der Waals surface area contributed by atoms with E-state index >= 15 is 0 Å². The number of benzene rings is 1. The summed E-state index contributed by atoms with van der Waals surface area (Å²) in [4.78, 5) is 4.09. The van der Waals surface area contributed by atoms with Crippen molar-refractivity contribution in [1.29, 1.82) is 0 Å². The van der Waals surface area contributed by atoms with Gasteiger partial charge >= 0.3 is 0 Å². The van der Waals surface area contributed by atoms with Gasteiger partial charge in [-0.25, -0.2) is 0 Å². The topological polar surface area (TPSA) is 68.8 Å².